The summed E-state index contributed by atoms with van der Waals surface area (Å²) in [7, 11) is 0. The molecule has 0 atom stereocenters. The van der Waals surface area contributed by atoms with Crippen LogP contribution in [0.15, 0.2) is 47.4 Å². The number of rotatable bonds is 5. The molecule has 1 heterocycles. The van der Waals surface area contributed by atoms with Gasteiger partial charge in [0.25, 0.3) is 11.6 Å². The summed E-state index contributed by atoms with van der Waals surface area (Å²) in [5, 5.41) is 14.0. The first kappa shape index (κ1) is 17.0. The fraction of sp³-hybridized carbons (Fsp3) is 0.176. The third-order valence-electron chi connectivity index (χ3n) is 3.84. The Kier molecular flexibility index (Phi) is 4.71. The van der Waals surface area contributed by atoms with Crippen molar-refractivity contribution in [2.24, 2.45) is 0 Å². The molecular formula is C17H16N4O3S. The van der Waals surface area contributed by atoms with Crippen molar-refractivity contribution < 1.29 is 9.72 Å². The van der Waals surface area contributed by atoms with Gasteiger partial charge in [-0.3, -0.25) is 20.2 Å². The zero-order chi connectivity index (χ0) is 18.0. The Morgan fingerprint density at radius 3 is 2.76 bits per heavy atom. The minimum absolute atomic E-state index is 0.0200. The first-order valence-electron chi connectivity index (χ1n) is 7.64. The summed E-state index contributed by atoms with van der Waals surface area (Å²) in [5.74, 6) is -0.176. The Bertz CT molecular complexity index is 968. The van der Waals surface area contributed by atoms with Crippen LogP contribution in [0.4, 0.5) is 11.6 Å². The number of thioether (sulfide) groups is 1. The average molecular weight is 356 g/mol. The van der Waals surface area contributed by atoms with Crippen molar-refractivity contribution in [3.05, 3.63) is 58.1 Å². The summed E-state index contributed by atoms with van der Waals surface area (Å²) in [6, 6.07) is 12.0. The Morgan fingerprint density at radius 1 is 1.32 bits per heavy atom. The van der Waals surface area contributed by atoms with E-state index in [0.29, 0.717) is 12.5 Å². The number of benzene rings is 2. The van der Waals surface area contributed by atoms with Crippen molar-refractivity contribution in [1.29, 1.82) is 0 Å². The monoisotopic (exact) mass is 356 g/mol. The molecule has 128 valence electrons. The maximum atomic E-state index is 12.7. The van der Waals surface area contributed by atoms with Crippen LogP contribution in [0, 0.1) is 10.1 Å². The van der Waals surface area contributed by atoms with Crippen LogP contribution in [0.25, 0.3) is 11.0 Å². The number of carbonyl (C=O) groups excluding carboxylic acids is 1. The highest BCUT2D eigenvalue weighted by Crippen LogP contribution is 2.26. The van der Waals surface area contributed by atoms with Gasteiger partial charge in [-0.15, -0.1) is 11.8 Å². The van der Waals surface area contributed by atoms with E-state index in [1.54, 1.807) is 6.07 Å². The van der Waals surface area contributed by atoms with Gasteiger partial charge in [0, 0.05) is 17.5 Å². The van der Waals surface area contributed by atoms with E-state index in [0.717, 1.165) is 15.9 Å². The van der Waals surface area contributed by atoms with Crippen LogP contribution >= 0.6 is 11.8 Å². The Hall–Kier alpha value is -2.87. The van der Waals surface area contributed by atoms with E-state index in [1.165, 1.54) is 23.9 Å². The van der Waals surface area contributed by atoms with E-state index in [9.17, 15) is 14.9 Å². The first-order chi connectivity index (χ1) is 12.0. The molecule has 1 N–H and O–H groups in total. The van der Waals surface area contributed by atoms with Crippen molar-refractivity contribution in [2.45, 2.75) is 18.4 Å². The third-order valence-corrected chi connectivity index (χ3v) is 4.57. The number of carbonyl (C=O) groups is 1. The minimum atomic E-state index is -0.554. The van der Waals surface area contributed by atoms with Gasteiger partial charge < -0.3 is 4.57 Å². The number of amides is 1. The second kappa shape index (κ2) is 6.94. The van der Waals surface area contributed by atoms with Crippen LogP contribution in [0.2, 0.25) is 0 Å². The molecule has 1 aromatic heterocycles. The largest absolute Gasteiger partial charge is 0.310 e. The highest BCUT2D eigenvalue weighted by molar-refractivity contribution is 7.98. The molecule has 0 aliphatic heterocycles. The first-order valence-corrected chi connectivity index (χ1v) is 8.86. The molecule has 0 saturated heterocycles. The SMILES string of the molecule is CCn1c(NC(=O)c2cc(SC)ccc2[N+](=O)[O-])nc2ccccc21. The molecule has 0 aliphatic rings. The third kappa shape index (κ3) is 3.20. The lowest BCUT2D eigenvalue weighted by molar-refractivity contribution is -0.385. The van der Waals surface area contributed by atoms with Crippen molar-refractivity contribution in [3.8, 4) is 0 Å². The van der Waals surface area contributed by atoms with Crippen molar-refractivity contribution in [1.82, 2.24) is 9.55 Å². The Balaban J connectivity index is 2.02. The number of nitrogens with one attached hydrogen (secondary N) is 1. The molecule has 0 spiro atoms. The number of para-hydroxylation sites is 2. The lowest BCUT2D eigenvalue weighted by atomic mass is 10.1. The molecule has 0 bridgehead atoms. The van der Waals surface area contributed by atoms with Gasteiger partial charge in [-0.25, -0.2) is 4.98 Å². The summed E-state index contributed by atoms with van der Waals surface area (Å²) in [4.78, 5) is 28.6. The molecule has 7 nitrogen and oxygen atoms in total. The van der Waals surface area contributed by atoms with Gasteiger partial charge in [-0.05, 0) is 37.4 Å². The van der Waals surface area contributed by atoms with Gasteiger partial charge in [0.2, 0.25) is 5.95 Å². The minimum Gasteiger partial charge on any atom is -0.310 e. The number of nitro groups is 1. The van der Waals surface area contributed by atoms with E-state index in [-0.39, 0.29) is 11.3 Å². The van der Waals surface area contributed by atoms with Crippen LogP contribution in [-0.4, -0.2) is 26.6 Å². The molecule has 0 saturated carbocycles. The topological polar surface area (TPSA) is 90.1 Å². The highest BCUT2D eigenvalue weighted by Gasteiger charge is 2.22. The zero-order valence-corrected chi connectivity index (χ0v) is 14.5. The molecule has 2 aromatic carbocycles. The number of fused-ring (bicyclic) bond motifs is 1. The number of aryl methyl sites for hydroxylation is 1. The molecule has 3 rings (SSSR count). The summed E-state index contributed by atoms with van der Waals surface area (Å²) >= 11 is 1.42. The zero-order valence-electron chi connectivity index (χ0n) is 13.7. The van der Waals surface area contributed by atoms with Crippen molar-refractivity contribution in [2.75, 3.05) is 11.6 Å². The molecule has 3 aromatic rings. The Labute approximate surface area is 148 Å². The fourth-order valence-corrected chi connectivity index (χ4v) is 3.08. The van der Waals surface area contributed by atoms with E-state index < -0.39 is 10.8 Å². The standard InChI is InChI=1S/C17H16N4O3S/c1-3-20-15-7-5-4-6-13(15)18-17(20)19-16(22)12-10-11(25-2)8-9-14(12)21(23)24/h4-10H,3H2,1-2H3,(H,18,19,22). The smallest absolute Gasteiger partial charge is 0.282 e. The van der Waals surface area contributed by atoms with Crippen LogP contribution in [-0.2, 0) is 6.54 Å². The quantitative estimate of drug-likeness (QED) is 0.425. The number of nitro benzene ring substituents is 1. The van der Waals surface area contributed by atoms with Gasteiger partial charge in [-0.2, -0.15) is 0 Å². The van der Waals surface area contributed by atoms with E-state index >= 15 is 0 Å². The lowest BCUT2D eigenvalue weighted by Gasteiger charge is -2.08. The van der Waals surface area contributed by atoms with Gasteiger partial charge in [0.15, 0.2) is 0 Å². The van der Waals surface area contributed by atoms with Gasteiger partial charge >= 0.3 is 0 Å². The Morgan fingerprint density at radius 2 is 2.08 bits per heavy atom. The molecule has 0 fully saturated rings. The molecule has 0 radical (unpaired) electrons. The maximum Gasteiger partial charge on any atom is 0.282 e. The predicted molar refractivity (Wildman–Crippen MR) is 98.2 cm³/mol. The maximum absolute atomic E-state index is 12.7. The molecule has 1 amide bonds. The lowest BCUT2D eigenvalue weighted by Crippen LogP contribution is -2.17. The average Bonchev–Trinajstić information content (AvgIpc) is 2.97. The van der Waals surface area contributed by atoms with Gasteiger partial charge in [-0.1, -0.05) is 12.1 Å². The summed E-state index contributed by atoms with van der Waals surface area (Å²) in [6.07, 6.45) is 1.85. The molecule has 8 heteroatoms. The van der Waals surface area contributed by atoms with Gasteiger partial charge in [0.05, 0.1) is 16.0 Å². The number of imidazole rings is 1. The number of anilines is 1. The predicted octanol–water partition coefficient (Wildman–Crippen LogP) is 3.94. The van der Waals surface area contributed by atoms with Crippen molar-refractivity contribution >= 4 is 40.3 Å². The molecule has 0 aliphatic carbocycles. The summed E-state index contributed by atoms with van der Waals surface area (Å²) in [6.45, 7) is 2.56. The van der Waals surface area contributed by atoms with Crippen molar-refractivity contribution in [3.63, 3.8) is 0 Å². The van der Waals surface area contributed by atoms with Gasteiger partial charge in [0.1, 0.15) is 5.56 Å². The number of nitrogens with zero attached hydrogens (tertiary/aromatic N) is 3. The summed E-state index contributed by atoms with van der Waals surface area (Å²) < 4.78 is 1.86. The van der Waals surface area contributed by atoms with Crippen LogP contribution in [0.1, 0.15) is 17.3 Å². The summed E-state index contributed by atoms with van der Waals surface area (Å²) in [5.41, 5.74) is 1.45. The number of hydrogen-bond donors (Lipinski definition) is 1. The highest BCUT2D eigenvalue weighted by atomic mass is 32.2. The second-order valence-electron chi connectivity index (χ2n) is 5.26. The fourth-order valence-electron chi connectivity index (χ4n) is 2.64. The molecule has 0 unspecified atom stereocenters. The van der Waals surface area contributed by atoms with Crippen LogP contribution in [0.3, 0.4) is 0 Å². The van der Waals surface area contributed by atoms with Crippen LogP contribution in [0.5, 0.6) is 0 Å². The van der Waals surface area contributed by atoms with E-state index in [2.05, 4.69) is 10.3 Å². The van der Waals surface area contributed by atoms with Crippen LogP contribution < -0.4 is 5.32 Å². The normalized spacial score (nSPS) is 10.8. The molecular weight excluding hydrogens is 340 g/mol. The van der Waals surface area contributed by atoms with E-state index in [1.807, 2.05) is 42.0 Å². The number of aromatic nitrogens is 2. The molecule has 25 heavy (non-hydrogen) atoms. The second-order valence-corrected chi connectivity index (χ2v) is 6.14. The van der Waals surface area contributed by atoms with E-state index in [4.69, 9.17) is 0 Å². The number of hydrogen-bond acceptors (Lipinski definition) is 5.